The predicted octanol–water partition coefficient (Wildman–Crippen LogP) is 2.81. The van der Waals surface area contributed by atoms with Crippen LogP contribution in [0.5, 0.6) is 5.75 Å². The van der Waals surface area contributed by atoms with Crippen LogP contribution in [0.4, 0.5) is 0 Å². The largest absolute Gasteiger partial charge is 0.497 e. The van der Waals surface area contributed by atoms with Gasteiger partial charge in [0, 0.05) is 31.9 Å². The Balaban J connectivity index is 1.47. The molecule has 6 nitrogen and oxygen atoms in total. The van der Waals surface area contributed by atoms with Crippen LogP contribution in [-0.2, 0) is 19.6 Å². The van der Waals surface area contributed by atoms with Gasteiger partial charge in [0.25, 0.3) is 0 Å². The first-order valence-electron chi connectivity index (χ1n) is 8.89. The van der Waals surface area contributed by atoms with Crippen LogP contribution in [0.15, 0.2) is 72.0 Å². The number of aromatic nitrogens is 2. The van der Waals surface area contributed by atoms with Crippen LogP contribution in [0.2, 0.25) is 0 Å². The zero-order valence-corrected chi connectivity index (χ0v) is 15.7. The molecule has 0 aliphatic heterocycles. The van der Waals surface area contributed by atoms with Crippen molar-refractivity contribution in [2.45, 2.75) is 19.6 Å². The first-order chi connectivity index (χ1) is 13.3. The lowest BCUT2D eigenvalue weighted by Crippen LogP contribution is -2.36. The maximum absolute atomic E-state index is 5.18. The molecule has 0 unspecified atom stereocenters. The van der Waals surface area contributed by atoms with E-state index in [1.165, 1.54) is 5.56 Å². The summed E-state index contributed by atoms with van der Waals surface area (Å²) in [7, 11) is 3.43. The lowest BCUT2D eigenvalue weighted by Gasteiger charge is -2.11. The van der Waals surface area contributed by atoms with E-state index in [0.29, 0.717) is 13.1 Å². The van der Waals surface area contributed by atoms with Crippen LogP contribution in [0.1, 0.15) is 16.7 Å². The monoisotopic (exact) mass is 363 g/mol. The third kappa shape index (κ3) is 5.60. The molecule has 3 aromatic rings. The maximum Gasteiger partial charge on any atom is 0.191 e. The SMILES string of the molecule is CN=C(NCc1ccc(OC)cc1)NCc1cnn(Cc2ccccc2)c1. The van der Waals surface area contributed by atoms with Crippen LogP contribution in [0.25, 0.3) is 0 Å². The molecule has 0 aliphatic carbocycles. The van der Waals surface area contributed by atoms with Crippen molar-refractivity contribution >= 4 is 5.96 Å². The smallest absolute Gasteiger partial charge is 0.191 e. The van der Waals surface area contributed by atoms with Gasteiger partial charge >= 0.3 is 0 Å². The normalized spacial score (nSPS) is 11.3. The maximum atomic E-state index is 5.18. The van der Waals surface area contributed by atoms with Crippen LogP contribution >= 0.6 is 0 Å². The third-order valence-corrected chi connectivity index (χ3v) is 4.18. The highest BCUT2D eigenvalue weighted by Gasteiger charge is 2.03. The Labute approximate surface area is 159 Å². The molecule has 27 heavy (non-hydrogen) atoms. The first kappa shape index (κ1) is 18.5. The summed E-state index contributed by atoms with van der Waals surface area (Å²) in [5.74, 6) is 1.61. The summed E-state index contributed by atoms with van der Waals surface area (Å²) < 4.78 is 7.12. The summed E-state index contributed by atoms with van der Waals surface area (Å²) in [6, 6.07) is 18.3. The van der Waals surface area contributed by atoms with E-state index >= 15 is 0 Å². The first-order valence-corrected chi connectivity index (χ1v) is 8.89. The van der Waals surface area contributed by atoms with E-state index in [1.807, 2.05) is 53.3 Å². The van der Waals surface area contributed by atoms with Gasteiger partial charge < -0.3 is 15.4 Å². The Morgan fingerprint density at radius 1 is 0.963 bits per heavy atom. The van der Waals surface area contributed by atoms with E-state index in [-0.39, 0.29) is 0 Å². The van der Waals surface area contributed by atoms with Crippen molar-refractivity contribution in [3.05, 3.63) is 83.7 Å². The predicted molar refractivity (Wildman–Crippen MR) is 108 cm³/mol. The van der Waals surface area contributed by atoms with Gasteiger partial charge in [-0.3, -0.25) is 9.67 Å². The molecular weight excluding hydrogens is 338 g/mol. The molecule has 0 saturated heterocycles. The molecule has 0 spiro atoms. The summed E-state index contributed by atoms with van der Waals surface area (Å²) in [6.45, 7) is 2.12. The summed E-state index contributed by atoms with van der Waals surface area (Å²) in [6.07, 6.45) is 3.93. The summed E-state index contributed by atoms with van der Waals surface area (Å²) in [5.41, 5.74) is 3.50. The molecule has 0 radical (unpaired) electrons. The van der Waals surface area contributed by atoms with Gasteiger partial charge in [-0.05, 0) is 23.3 Å². The molecular formula is C21H25N5O. The molecule has 1 aromatic heterocycles. The van der Waals surface area contributed by atoms with Crippen molar-refractivity contribution in [3.63, 3.8) is 0 Å². The molecule has 140 valence electrons. The molecule has 0 aliphatic rings. The number of nitrogens with one attached hydrogen (secondary N) is 2. The second kappa shape index (κ2) is 9.43. The van der Waals surface area contributed by atoms with Crippen molar-refractivity contribution in [1.29, 1.82) is 0 Å². The van der Waals surface area contributed by atoms with Gasteiger partial charge in [0.1, 0.15) is 5.75 Å². The number of ether oxygens (including phenoxy) is 1. The minimum atomic E-state index is 0.664. The van der Waals surface area contributed by atoms with Crippen molar-refractivity contribution in [3.8, 4) is 5.75 Å². The molecule has 0 bridgehead atoms. The lowest BCUT2D eigenvalue weighted by atomic mass is 10.2. The fraction of sp³-hybridized carbons (Fsp3) is 0.238. The Morgan fingerprint density at radius 3 is 2.33 bits per heavy atom. The molecule has 0 saturated carbocycles. The molecule has 3 rings (SSSR count). The number of hydrogen-bond acceptors (Lipinski definition) is 3. The second-order valence-corrected chi connectivity index (χ2v) is 6.16. The molecule has 0 amide bonds. The number of guanidine groups is 1. The summed E-state index contributed by atoms with van der Waals surface area (Å²) >= 11 is 0. The number of hydrogen-bond donors (Lipinski definition) is 2. The van der Waals surface area contributed by atoms with Crippen molar-refractivity contribution in [1.82, 2.24) is 20.4 Å². The molecule has 0 atom stereocenters. The van der Waals surface area contributed by atoms with Gasteiger partial charge in [-0.2, -0.15) is 5.10 Å². The van der Waals surface area contributed by atoms with Gasteiger partial charge in [0.2, 0.25) is 0 Å². The van der Waals surface area contributed by atoms with E-state index in [4.69, 9.17) is 4.74 Å². The van der Waals surface area contributed by atoms with Crippen molar-refractivity contribution in [2.24, 2.45) is 4.99 Å². The number of nitrogens with zero attached hydrogens (tertiary/aromatic N) is 3. The number of methoxy groups -OCH3 is 1. The highest BCUT2D eigenvalue weighted by molar-refractivity contribution is 5.79. The number of rotatable bonds is 7. The topological polar surface area (TPSA) is 63.5 Å². The van der Waals surface area contributed by atoms with Crippen molar-refractivity contribution < 1.29 is 4.74 Å². The highest BCUT2D eigenvalue weighted by Crippen LogP contribution is 2.11. The van der Waals surface area contributed by atoms with Gasteiger partial charge in [0.05, 0.1) is 19.9 Å². The molecule has 6 heteroatoms. The van der Waals surface area contributed by atoms with Gasteiger partial charge in [-0.25, -0.2) is 0 Å². The van der Waals surface area contributed by atoms with Crippen LogP contribution in [-0.4, -0.2) is 29.9 Å². The summed E-state index contributed by atoms with van der Waals surface area (Å²) in [4.78, 5) is 4.27. The average molecular weight is 363 g/mol. The minimum Gasteiger partial charge on any atom is -0.497 e. The average Bonchev–Trinajstić information content (AvgIpc) is 3.16. The zero-order valence-electron chi connectivity index (χ0n) is 15.7. The Bertz CT molecular complexity index is 856. The molecule has 0 fully saturated rings. The lowest BCUT2D eigenvalue weighted by molar-refractivity contribution is 0.414. The second-order valence-electron chi connectivity index (χ2n) is 6.16. The quantitative estimate of drug-likeness (QED) is 0.500. The van der Waals surface area contributed by atoms with E-state index in [0.717, 1.165) is 29.4 Å². The van der Waals surface area contributed by atoms with E-state index in [9.17, 15) is 0 Å². The van der Waals surface area contributed by atoms with Gasteiger partial charge in [-0.15, -0.1) is 0 Å². The van der Waals surface area contributed by atoms with Gasteiger partial charge in [0.15, 0.2) is 5.96 Å². The fourth-order valence-corrected chi connectivity index (χ4v) is 2.69. The zero-order chi connectivity index (χ0) is 18.9. The molecule has 2 aromatic carbocycles. The van der Waals surface area contributed by atoms with Crippen LogP contribution in [0.3, 0.4) is 0 Å². The molecule has 1 heterocycles. The fourth-order valence-electron chi connectivity index (χ4n) is 2.69. The van der Waals surface area contributed by atoms with E-state index in [2.05, 4.69) is 39.1 Å². The van der Waals surface area contributed by atoms with Crippen LogP contribution < -0.4 is 15.4 Å². The highest BCUT2D eigenvalue weighted by atomic mass is 16.5. The van der Waals surface area contributed by atoms with Crippen LogP contribution in [0, 0.1) is 0 Å². The van der Waals surface area contributed by atoms with Crippen molar-refractivity contribution in [2.75, 3.05) is 14.2 Å². The molecule has 2 N–H and O–H groups in total. The Hall–Kier alpha value is -3.28. The van der Waals surface area contributed by atoms with E-state index < -0.39 is 0 Å². The Kier molecular flexibility index (Phi) is 6.46. The number of benzene rings is 2. The Morgan fingerprint density at radius 2 is 1.67 bits per heavy atom. The third-order valence-electron chi connectivity index (χ3n) is 4.18. The van der Waals surface area contributed by atoms with E-state index in [1.54, 1.807) is 14.2 Å². The minimum absolute atomic E-state index is 0.664. The standard InChI is InChI=1S/C21H25N5O/c1-22-21(23-12-17-8-10-20(27-2)11-9-17)24-13-19-14-25-26(16-19)15-18-6-4-3-5-7-18/h3-11,14,16H,12-13,15H2,1-2H3,(H2,22,23,24). The number of aliphatic imine (C=N–C) groups is 1. The summed E-state index contributed by atoms with van der Waals surface area (Å²) in [5, 5.41) is 11.1. The van der Waals surface area contributed by atoms with Gasteiger partial charge in [-0.1, -0.05) is 42.5 Å².